The van der Waals surface area contributed by atoms with Crippen molar-refractivity contribution in [3.63, 3.8) is 0 Å². The van der Waals surface area contributed by atoms with Gasteiger partial charge in [0, 0.05) is 16.5 Å². The van der Waals surface area contributed by atoms with E-state index < -0.39 is 0 Å². The average molecular weight is 414 g/mol. The van der Waals surface area contributed by atoms with E-state index in [2.05, 4.69) is 63.0 Å². The second-order valence-corrected chi connectivity index (χ2v) is 9.30. The number of H-pyrrole nitrogens is 1. The predicted octanol–water partition coefficient (Wildman–Crippen LogP) is 7.31. The molecule has 3 N–H and O–H groups in total. The fourth-order valence-corrected chi connectivity index (χ4v) is 4.35. The van der Waals surface area contributed by atoms with Crippen LogP contribution in [0.3, 0.4) is 0 Å². The highest BCUT2D eigenvalue weighted by Gasteiger charge is 2.18. The number of nitrogens with one attached hydrogen (secondary N) is 1. The van der Waals surface area contributed by atoms with Gasteiger partial charge in [0.25, 0.3) is 0 Å². The summed E-state index contributed by atoms with van der Waals surface area (Å²) in [5.74, 6) is 1.61. The molecule has 0 aliphatic heterocycles. The SMILES string of the molecule is CC(C)Cc1cc(-c2[nH]c3ccccc3c2-c2ccc(O)c(CC(C)C)c2)ccc1O. The fourth-order valence-electron chi connectivity index (χ4n) is 4.35. The summed E-state index contributed by atoms with van der Waals surface area (Å²) in [4.78, 5) is 3.61. The molecule has 0 atom stereocenters. The third-order valence-electron chi connectivity index (χ3n) is 5.70. The Morgan fingerprint density at radius 2 is 1.26 bits per heavy atom. The van der Waals surface area contributed by atoms with Crippen molar-refractivity contribution in [3.8, 4) is 33.9 Å². The summed E-state index contributed by atoms with van der Waals surface area (Å²) in [6, 6.07) is 20.1. The highest BCUT2D eigenvalue weighted by Crippen LogP contribution is 2.41. The van der Waals surface area contributed by atoms with E-state index in [1.165, 1.54) is 0 Å². The number of aromatic amines is 1. The van der Waals surface area contributed by atoms with Crippen molar-refractivity contribution < 1.29 is 10.2 Å². The van der Waals surface area contributed by atoms with Crippen molar-refractivity contribution in [3.05, 3.63) is 71.8 Å². The number of fused-ring (bicyclic) bond motifs is 1. The largest absolute Gasteiger partial charge is 0.508 e. The van der Waals surface area contributed by atoms with Gasteiger partial charge in [-0.25, -0.2) is 0 Å². The van der Waals surface area contributed by atoms with Crippen molar-refractivity contribution in [2.45, 2.75) is 40.5 Å². The average Bonchev–Trinajstić information content (AvgIpc) is 3.10. The summed E-state index contributed by atoms with van der Waals surface area (Å²) in [7, 11) is 0. The number of aromatic nitrogens is 1. The van der Waals surface area contributed by atoms with Gasteiger partial charge in [0.15, 0.2) is 0 Å². The van der Waals surface area contributed by atoms with E-state index in [4.69, 9.17) is 0 Å². The fraction of sp³-hybridized carbons (Fsp3) is 0.286. The number of benzene rings is 3. The van der Waals surface area contributed by atoms with Crippen LogP contribution in [0.5, 0.6) is 11.5 Å². The molecule has 31 heavy (non-hydrogen) atoms. The van der Waals surface area contributed by atoms with Crippen LogP contribution in [0, 0.1) is 11.8 Å². The van der Waals surface area contributed by atoms with Crippen LogP contribution in [-0.4, -0.2) is 15.2 Å². The molecule has 0 aliphatic rings. The van der Waals surface area contributed by atoms with Crippen LogP contribution in [0.25, 0.3) is 33.3 Å². The number of aromatic hydroxyl groups is 2. The lowest BCUT2D eigenvalue weighted by Crippen LogP contribution is -1.96. The zero-order valence-corrected chi connectivity index (χ0v) is 18.7. The third-order valence-corrected chi connectivity index (χ3v) is 5.70. The van der Waals surface area contributed by atoms with Gasteiger partial charge in [0.1, 0.15) is 11.5 Å². The topological polar surface area (TPSA) is 56.2 Å². The van der Waals surface area contributed by atoms with E-state index in [9.17, 15) is 10.2 Å². The lowest BCUT2D eigenvalue weighted by atomic mass is 9.93. The number of rotatable bonds is 6. The molecule has 0 fully saturated rings. The Balaban J connectivity index is 1.93. The Morgan fingerprint density at radius 1 is 0.710 bits per heavy atom. The van der Waals surface area contributed by atoms with Gasteiger partial charge in [-0.2, -0.15) is 0 Å². The molecule has 0 bridgehead atoms. The van der Waals surface area contributed by atoms with Gasteiger partial charge in [0.2, 0.25) is 0 Å². The number of phenols is 2. The maximum atomic E-state index is 10.4. The summed E-state index contributed by atoms with van der Waals surface area (Å²) in [6.07, 6.45) is 1.65. The molecule has 160 valence electrons. The summed E-state index contributed by atoms with van der Waals surface area (Å²) in [5.41, 5.74) is 7.30. The molecule has 0 radical (unpaired) electrons. The lowest BCUT2D eigenvalue weighted by Gasteiger charge is -2.13. The van der Waals surface area contributed by atoms with Crippen molar-refractivity contribution >= 4 is 10.9 Å². The van der Waals surface area contributed by atoms with Crippen LogP contribution in [0.2, 0.25) is 0 Å². The molecule has 0 spiro atoms. The van der Waals surface area contributed by atoms with E-state index in [0.29, 0.717) is 23.3 Å². The minimum Gasteiger partial charge on any atom is -0.508 e. The molecule has 3 aromatic carbocycles. The summed E-state index contributed by atoms with van der Waals surface area (Å²) in [5, 5.41) is 21.9. The maximum absolute atomic E-state index is 10.4. The predicted molar refractivity (Wildman–Crippen MR) is 130 cm³/mol. The highest BCUT2D eigenvalue weighted by molar-refractivity contribution is 6.04. The summed E-state index contributed by atoms with van der Waals surface area (Å²) in [6.45, 7) is 8.65. The monoisotopic (exact) mass is 413 g/mol. The van der Waals surface area contributed by atoms with Crippen LogP contribution < -0.4 is 0 Å². The second kappa shape index (κ2) is 8.50. The molecule has 0 aliphatic carbocycles. The lowest BCUT2D eigenvalue weighted by molar-refractivity contribution is 0.462. The van der Waals surface area contributed by atoms with Gasteiger partial charge < -0.3 is 15.2 Å². The molecule has 4 rings (SSSR count). The number of hydrogen-bond acceptors (Lipinski definition) is 2. The van der Waals surface area contributed by atoms with Gasteiger partial charge in [-0.15, -0.1) is 0 Å². The first-order valence-corrected chi connectivity index (χ1v) is 11.1. The van der Waals surface area contributed by atoms with E-state index in [1.807, 2.05) is 18.2 Å². The zero-order valence-electron chi connectivity index (χ0n) is 18.7. The maximum Gasteiger partial charge on any atom is 0.118 e. The zero-order chi connectivity index (χ0) is 22.1. The van der Waals surface area contributed by atoms with Crippen molar-refractivity contribution in [2.75, 3.05) is 0 Å². The molecule has 1 aromatic heterocycles. The van der Waals surface area contributed by atoms with E-state index in [-0.39, 0.29) is 0 Å². The molecule has 0 unspecified atom stereocenters. The molecule has 4 aromatic rings. The first kappa shape index (κ1) is 21.0. The van der Waals surface area contributed by atoms with Gasteiger partial charge in [-0.1, -0.05) is 52.0 Å². The van der Waals surface area contributed by atoms with Gasteiger partial charge >= 0.3 is 0 Å². The highest BCUT2D eigenvalue weighted by atomic mass is 16.3. The number of para-hydroxylation sites is 1. The Morgan fingerprint density at radius 3 is 1.87 bits per heavy atom. The molecular formula is C28H31NO2. The van der Waals surface area contributed by atoms with Crippen LogP contribution in [0.15, 0.2) is 60.7 Å². The van der Waals surface area contributed by atoms with Crippen LogP contribution in [-0.2, 0) is 12.8 Å². The van der Waals surface area contributed by atoms with Gasteiger partial charge in [0.05, 0.1) is 5.69 Å². The van der Waals surface area contributed by atoms with Gasteiger partial charge in [-0.3, -0.25) is 0 Å². The Hall–Kier alpha value is -3.20. The van der Waals surface area contributed by atoms with Crippen LogP contribution in [0.1, 0.15) is 38.8 Å². The van der Waals surface area contributed by atoms with E-state index >= 15 is 0 Å². The van der Waals surface area contributed by atoms with Crippen LogP contribution in [0.4, 0.5) is 0 Å². The Bertz CT molecular complexity index is 1220. The number of hydrogen-bond donors (Lipinski definition) is 3. The standard InChI is InChI=1S/C28H31NO2/c1-17(2)13-21-15-19(9-11-25(21)30)27-23-7-5-6-8-24(23)29-28(27)20-10-12-26(31)22(16-20)14-18(3)4/h5-12,15-18,29-31H,13-14H2,1-4H3. The minimum absolute atomic E-state index is 0.346. The summed E-state index contributed by atoms with van der Waals surface area (Å²) >= 11 is 0. The van der Waals surface area contributed by atoms with Crippen molar-refractivity contribution in [2.24, 2.45) is 11.8 Å². The molecule has 0 saturated carbocycles. The van der Waals surface area contributed by atoms with Crippen LogP contribution >= 0.6 is 0 Å². The molecular weight excluding hydrogens is 382 g/mol. The van der Waals surface area contributed by atoms with Crippen molar-refractivity contribution in [1.29, 1.82) is 0 Å². The smallest absolute Gasteiger partial charge is 0.118 e. The molecule has 3 heteroatoms. The Kier molecular flexibility index (Phi) is 5.77. The molecule has 1 heterocycles. The molecule has 3 nitrogen and oxygen atoms in total. The Labute approximate surface area is 184 Å². The first-order chi connectivity index (χ1) is 14.8. The van der Waals surface area contributed by atoms with E-state index in [1.54, 1.807) is 12.1 Å². The van der Waals surface area contributed by atoms with Crippen molar-refractivity contribution in [1.82, 2.24) is 4.98 Å². The quantitative estimate of drug-likeness (QED) is 0.310. The second-order valence-electron chi connectivity index (χ2n) is 9.30. The van der Waals surface area contributed by atoms with E-state index in [0.717, 1.165) is 57.3 Å². The molecule has 0 saturated heterocycles. The van der Waals surface area contributed by atoms with Gasteiger partial charge in [-0.05, 0) is 83.3 Å². The number of phenolic OH excluding ortho intramolecular Hbond substituents is 2. The summed E-state index contributed by atoms with van der Waals surface area (Å²) < 4.78 is 0. The molecule has 0 amide bonds. The normalized spacial score (nSPS) is 11.7. The third kappa shape index (κ3) is 4.32. The first-order valence-electron chi connectivity index (χ1n) is 11.1. The minimum atomic E-state index is 0.346.